The average molecular weight is 200 g/mol. The molecular weight excluding hydrogens is 193 g/mol. The molecule has 0 aromatic heterocycles. The number of aliphatic hydroxyl groups is 1. The molecule has 0 radical (unpaired) electrons. The molecule has 1 N–H and O–H groups in total. The topological polar surface area (TPSA) is 55.8 Å². The van der Waals surface area contributed by atoms with Gasteiger partial charge in [-0.05, 0) is 0 Å². The van der Waals surface area contributed by atoms with E-state index >= 15 is 0 Å². The summed E-state index contributed by atoms with van der Waals surface area (Å²) in [5.74, 6) is -2.14. The van der Waals surface area contributed by atoms with Gasteiger partial charge in [-0.15, -0.1) is 0 Å². The number of carbonyl (C=O) groups excluding carboxylic acids is 1. The molecule has 0 heterocycles. The number of carbonyl (C=O) groups is 1. The summed E-state index contributed by atoms with van der Waals surface area (Å²) in [4.78, 5) is 10.4. The van der Waals surface area contributed by atoms with Crippen LogP contribution >= 0.6 is 0 Å². The molecule has 0 saturated carbocycles. The van der Waals surface area contributed by atoms with Crippen LogP contribution in [-0.4, -0.2) is 31.0 Å². The Bertz CT molecular complexity index is 208. The van der Waals surface area contributed by atoms with Gasteiger partial charge in [0.25, 0.3) is 5.95 Å². The summed E-state index contributed by atoms with van der Waals surface area (Å²) in [6.07, 6.45) is -4.18. The quantitative estimate of drug-likeness (QED) is 0.421. The third-order valence-corrected chi connectivity index (χ3v) is 0.829. The fraction of sp³-hybridized carbons (Fsp3) is 0.500. The minimum Gasteiger partial charge on any atom is -0.481 e. The third-order valence-electron chi connectivity index (χ3n) is 0.829. The van der Waals surface area contributed by atoms with Crippen molar-refractivity contribution in [2.75, 3.05) is 13.7 Å². The van der Waals surface area contributed by atoms with Crippen molar-refractivity contribution >= 4 is 5.97 Å². The van der Waals surface area contributed by atoms with Crippen molar-refractivity contribution in [1.29, 1.82) is 0 Å². The molecule has 0 atom stereocenters. The van der Waals surface area contributed by atoms with E-state index in [-0.39, 0.29) is 0 Å². The van der Waals surface area contributed by atoms with E-state index in [0.29, 0.717) is 6.08 Å². The second-order valence-corrected chi connectivity index (χ2v) is 1.91. The highest BCUT2D eigenvalue weighted by Crippen LogP contribution is 2.14. The second kappa shape index (κ2) is 4.58. The maximum Gasteiger partial charge on any atom is 0.422 e. The molecule has 0 bridgehead atoms. The van der Waals surface area contributed by atoms with Gasteiger partial charge in [0.05, 0.1) is 7.11 Å². The van der Waals surface area contributed by atoms with E-state index in [2.05, 4.69) is 9.47 Å². The standard InChI is InChI=1S/C6H7F3O4/c1-12-4(10)2-5(11)13-3-6(7,8)9/h2,10H,3H2,1H3. The van der Waals surface area contributed by atoms with Crippen molar-refractivity contribution < 1.29 is 32.5 Å². The van der Waals surface area contributed by atoms with Gasteiger partial charge in [0.15, 0.2) is 6.61 Å². The molecule has 0 spiro atoms. The largest absolute Gasteiger partial charge is 0.481 e. The molecule has 0 amide bonds. The molecular formula is C6H7F3O4. The van der Waals surface area contributed by atoms with Crippen molar-refractivity contribution in [1.82, 2.24) is 0 Å². The fourth-order valence-corrected chi connectivity index (χ4v) is 0.354. The number of hydrogen-bond acceptors (Lipinski definition) is 4. The van der Waals surface area contributed by atoms with Gasteiger partial charge in [0.1, 0.15) is 6.08 Å². The number of hydrogen-bond donors (Lipinski definition) is 1. The minimum absolute atomic E-state index is 0.395. The van der Waals surface area contributed by atoms with E-state index in [0.717, 1.165) is 7.11 Å². The number of aliphatic hydroxyl groups excluding tert-OH is 1. The second-order valence-electron chi connectivity index (χ2n) is 1.91. The highest BCUT2D eigenvalue weighted by atomic mass is 19.4. The first-order valence-corrected chi connectivity index (χ1v) is 3.03. The van der Waals surface area contributed by atoms with Crippen molar-refractivity contribution in [3.8, 4) is 0 Å². The van der Waals surface area contributed by atoms with Crippen molar-refractivity contribution in [2.45, 2.75) is 6.18 Å². The van der Waals surface area contributed by atoms with Crippen LogP contribution in [0.2, 0.25) is 0 Å². The van der Waals surface area contributed by atoms with Gasteiger partial charge in [0, 0.05) is 0 Å². The summed E-state index contributed by atoms with van der Waals surface area (Å²) < 4.78 is 42.1. The number of alkyl halides is 3. The predicted molar refractivity (Wildman–Crippen MR) is 34.7 cm³/mol. The molecule has 4 nitrogen and oxygen atoms in total. The number of rotatable bonds is 3. The molecule has 0 saturated heterocycles. The van der Waals surface area contributed by atoms with Crippen LogP contribution in [0.1, 0.15) is 0 Å². The molecule has 76 valence electrons. The molecule has 7 heteroatoms. The number of methoxy groups -OCH3 is 1. The van der Waals surface area contributed by atoms with Crippen LogP contribution < -0.4 is 0 Å². The van der Waals surface area contributed by atoms with Gasteiger partial charge in [0.2, 0.25) is 0 Å². The van der Waals surface area contributed by atoms with Gasteiger partial charge in [-0.3, -0.25) is 0 Å². The first-order chi connectivity index (χ1) is 5.85. The normalized spacial score (nSPS) is 12.5. The molecule has 0 aromatic carbocycles. The van der Waals surface area contributed by atoms with Crippen LogP contribution in [0.25, 0.3) is 0 Å². The molecule has 0 aromatic rings. The lowest BCUT2D eigenvalue weighted by Crippen LogP contribution is -2.19. The molecule has 0 unspecified atom stereocenters. The van der Waals surface area contributed by atoms with Crippen LogP contribution in [0.15, 0.2) is 12.0 Å². The zero-order chi connectivity index (χ0) is 10.5. The van der Waals surface area contributed by atoms with Crippen LogP contribution in [0.3, 0.4) is 0 Å². The van der Waals surface area contributed by atoms with E-state index in [9.17, 15) is 18.0 Å². The maximum absolute atomic E-state index is 11.4. The van der Waals surface area contributed by atoms with E-state index in [1.165, 1.54) is 0 Å². The number of ether oxygens (including phenoxy) is 2. The third kappa shape index (κ3) is 6.98. The Morgan fingerprint density at radius 1 is 1.54 bits per heavy atom. The first kappa shape index (κ1) is 11.6. The molecule has 0 aliphatic heterocycles. The van der Waals surface area contributed by atoms with E-state index in [1.54, 1.807) is 0 Å². The van der Waals surface area contributed by atoms with Crippen LogP contribution in [-0.2, 0) is 14.3 Å². The smallest absolute Gasteiger partial charge is 0.422 e. The lowest BCUT2D eigenvalue weighted by atomic mass is 10.6. The summed E-state index contributed by atoms with van der Waals surface area (Å²) in [7, 11) is 1.04. The summed E-state index contributed by atoms with van der Waals surface area (Å²) in [6.45, 7) is -1.70. The molecule has 13 heavy (non-hydrogen) atoms. The van der Waals surface area contributed by atoms with Crippen LogP contribution in [0.5, 0.6) is 0 Å². The van der Waals surface area contributed by atoms with Gasteiger partial charge in [-0.1, -0.05) is 0 Å². The Balaban J connectivity index is 3.90. The van der Waals surface area contributed by atoms with Gasteiger partial charge >= 0.3 is 12.1 Å². The highest BCUT2D eigenvalue weighted by molar-refractivity contribution is 5.82. The van der Waals surface area contributed by atoms with E-state index in [1.807, 2.05) is 0 Å². The monoisotopic (exact) mass is 200 g/mol. The van der Waals surface area contributed by atoms with Gasteiger partial charge in [-0.25, -0.2) is 4.79 Å². The fourth-order valence-electron chi connectivity index (χ4n) is 0.354. The minimum atomic E-state index is -4.58. The van der Waals surface area contributed by atoms with Crippen molar-refractivity contribution in [2.24, 2.45) is 0 Å². The molecule has 0 aliphatic rings. The Morgan fingerprint density at radius 2 is 2.08 bits per heavy atom. The average Bonchev–Trinajstić information content (AvgIpc) is 1.99. The first-order valence-electron chi connectivity index (χ1n) is 3.03. The van der Waals surface area contributed by atoms with Crippen LogP contribution in [0.4, 0.5) is 13.2 Å². The Kier molecular flexibility index (Phi) is 4.09. The lowest BCUT2D eigenvalue weighted by Gasteiger charge is -2.05. The lowest BCUT2D eigenvalue weighted by molar-refractivity contribution is -0.183. The van der Waals surface area contributed by atoms with Gasteiger partial charge < -0.3 is 14.6 Å². The van der Waals surface area contributed by atoms with E-state index < -0.39 is 24.7 Å². The summed E-state index contributed by atoms with van der Waals surface area (Å²) >= 11 is 0. The van der Waals surface area contributed by atoms with E-state index in [4.69, 9.17) is 5.11 Å². The van der Waals surface area contributed by atoms with Crippen molar-refractivity contribution in [3.05, 3.63) is 12.0 Å². The Hall–Kier alpha value is -1.40. The maximum atomic E-state index is 11.4. The summed E-state index contributed by atoms with van der Waals surface area (Å²) in [5.41, 5.74) is 0. The predicted octanol–water partition coefficient (Wildman–Crippen LogP) is 1.14. The number of halogens is 3. The molecule has 0 aliphatic carbocycles. The summed E-state index contributed by atoms with van der Waals surface area (Å²) in [6, 6.07) is 0. The highest BCUT2D eigenvalue weighted by Gasteiger charge is 2.29. The molecule has 0 rings (SSSR count). The zero-order valence-electron chi connectivity index (χ0n) is 6.59. The van der Waals surface area contributed by atoms with Crippen LogP contribution in [0, 0.1) is 0 Å². The Labute approximate surface area is 71.6 Å². The van der Waals surface area contributed by atoms with Gasteiger partial charge in [-0.2, -0.15) is 13.2 Å². The molecule has 0 fully saturated rings. The van der Waals surface area contributed by atoms with Crippen molar-refractivity contribution in [3.63, 3.8) is 0 Å². The summed E-state index contributed by atoms with van der Waals surface area (Å²) in [5, 5.41) is 8.51. The number of esters is 1. The Morgan fingerprint density at radius 3 is 2.46 bits per heavy atom. The SMILES string of the molecule is COC(O)=CC(=O)OCC(F)(F)F. The zero-order valence-corrected chi connectivity index (χ0v) is 6.59.